The lowest BCUT2D eigenvalue weighted by Gasteiger charge is -2.09. The van der Waals surface area contributed by atoms with E-state index in [1.807, 2.05) is 0 Å². The Kier molecular flexibility index (Phi) is 4.42. The van der Waals surface area contributed by atoms with E-state index in [4.69, 9.17) is 10.5 Å². The third kappa shape index (κ3) is 3.91. The smallest absolute Gasteiger partial charge is 0.178 e. The van der Waals surface area contributed by atoms with Gasteiger partial charge in [-0.25, -0.2) is 12.8 Å². The van der Waals surface area contributed by atoms with Crippen molar-refractivity contribution in [1.82, 2.24) is 0 Å². The number of sulfone groups is 1. The first-order chi connectivity index (χ1) is 8.97. The molecule has 1 aromatic rings. The van der Waals surface area contributed by atoms with E-state index >= 15 is 0 Å². The molecular formula is C13H18FNO3S. The van der Waals surface area contributed by atoms with Crippen molar-refractivity contribution >= 4 is 15.5 Å². The van der Waals surface area contributed by atoms with E-state index in [1.54, 1.807) is 0 Å². The molecule has 1 aromatic carbocycles. The van der Waals surface area contributed by atoms with Crippen LogP contribution in [0.15, 0.2) is 23.1 Å². The number of hydrogen-bond donors (Lipinski definition) is 1. The van der Waals surface area contributed by atoms with Crippen molar-refractivity contribution in [3.63, 3.8) is 0 Å². The number of benzene rings is 1. The molecule has 1 atom stereocenters. The van der Waals surface area contributed by atoms with Crippen LogP contribution in [0.4, 0.5) is 10.1 Å². The molecule has 106 valence electrons. The van der Waals surface area contributed by atoms with Crippen molar-refractivity contribution in [2.75, 3.05) is 18.1 Å². The van der Waals surface area contributed by atoms with E-state index in [0.29, 0.717) is 6.42 Å². The quantitative estimate of drug-likeness (QED) is 0.842. The highest BCUT2D eigenvalue weighted by Crippen LogP contribution is 2.21. The fourth-order valence-corrected chi connectivity index (χ4v) is 3.65. The van der Waals surface area contributed by atoms with Gasteiger partial charge in [0.1, 0.15) is 5.82 Å². The van der Waals surface area contributed by atoms with Crippen molar-refractivity contribution in [2.45, 2.75) is 36.7 Å². The molecule has 0 saturated carbocycles. The van der Waals surface area contributed by atoms with Gasteiger partial charge in [0.05, 0.1) is 16.8 Å². The summed E-state index contributed by atoms with van der Waals surface area (Å²) in [6.07, 6.45) is 3.45. The van der Waals surface area contributed by atoms with Crippen LogP contribution in [-0.2, 0) is 14.6 Å². The molecule has 1 unspecified atom stereocenters. The van der Waals surface area contributed by atoms with Crippen LogP contribution in [0.5, 0.6) is 0 Å². The maximum atomic E-state index is 13.2. The first-order valence-electron chi connectivity index (χ1n) is 6.38. The summed E-state index contributed by atoms with van der Waals surface area (Å²) in [5, 5.41) is 0. The molecule has 1 aliphatic rings. The van der Waals surface area contributed by atoms with Crippen LogP contribution < -0.4 is 5.73 Å². The van der Waals surface area contributed by atoms with Crippen LogP contribution in [0.3, 0.4) is 0 Å². The van der Waals surface area contributed by atoms with Crippen LogP contribution in [-0.4, -0.2) is 26.9 Å². The third-order valence-corrected chi connectivity index (χ3v) is 5.00. The van der Waals surface area contributed by atoms with E-state index in [2.05, 4.69) is 0 Å². The lowest BCUT2D eigenvalue weighted by molar-refractivity contribution is 0.104. The molecule has 0 aromatic heterocycles. The Balaban J connectivity index is 1.97. The summed E-state index contributed by atoms with van der Waals surface area (Å²) in [6.45, 7) is 0.762. The van der Waals surface area contributed by atoms with Crippen molar-refractivity contribution in [1.29, 1.82) is 0 Å². The van der Waals surface area contributed by atoms with Gasteiger partial charge in [-0.2, -0.15) is 0 Å². The van der Waals surface area contributed by atoms with Crippen LogP contribution in [0, 0.1) is 5.82 Å². The number of rotatable bonds is 5. The second-order valence-electron chi connectivity index (χ2n) is 4.82. The Bertz CT molecular complexity index is 519. The predicted octanol–water partition coefficient (Wildman–Crippen LogP) is 2.14. The van der Waals surface area contributed by atoms with E-state index in [1.165, 1.54) is 6.07 Å². The summed E-state index contributed by atoms with van der Waals surface area (Å²) in [4.78, 5) is -0.0441. The largest absolute Gasteiger partial charge is 0.399 e. The minimum Gasteiger partial charge on any atom is -0.399 e. The normalized spacial score (nSPS) is 19.7. The van der Waals surface area contributed by atoms with Crippen LogP contribution in [0.2, 0.25) is 0 Å². The van der Waals surface area contributed by atoms with Gasteiger partial charge in [0.15, 0.2) is 9.84 Å². The molecule has 2 N–H and O–H groups in total. The van der Waals surface area contributed by atoms with Gasteiger partial charge in [-0.05, 0) is 43.9 Å². The van der Waals surface area contributed by atoms with Gasteiger partial charge in [-0.1, -0.05) is 0 Å². The molecular weight excluding hydrogens is 269 g/mol. The van der Waals surface area contributed by atoms with Crippen molar-refractivity contribution in [2.24, 2.45) is 0 Å². The predicted molar refractivity (Wildman–Crippen MR) is 71.1 cm³/mol. The molecule has 1 aliphatic heterocycles. The van der Waals surface area contributed by atoms with Gasteiger partial charge >= 0.3 is 0 Å². The van der Waals surface area contributed by atoms with E-state index in [0.717, 1.165) is 38.0 Å². The zero-order chi connectivity index (χ0) is 13.9. The summed E-state index contributed by atoms with van der Waals surface area (Å²) in [5.41, 5.74) is 5.58. The Morgan fingerprint density at radius 1 is 1.37 bits per heavy atom. The van der Waals surface area contributed by atoms with Gasteiger partial charge in [0.2, 0.25) is 0 Å². The maximum Gasteiger partial charge on any atom is 0.178 e. The van der Waals surface area contributed by atoms with Crippen molar-refractivity contribution < 1.29 is 17.5 Å². The number of nitrogens with two attached hydrogens (primary N) is 1. The third-order valence-electron chi connectivity index (χ3n) is 3.22. The average Bonchev–Trinajstić information content (AvgIpc) is 2.80. The summed E-state index contributed by atoms with van der Waals surface area (Å²) in [7, 11) is -3.47. The number of hydrogen-bond acceptors (Lipinski definition) is 4. The van der Waals surface area contributed by atoms with Gasteiger partial charge in [-0.3, -0.25) is 0 Å². The minimum absolute atomic E-state index is 0.00421. The first-order valence-corrected chi connectivity index (χ1v) is 8.03. The molecule has 1 heterocycles. The molecule has 0 spiro atoms. The number of ether oxygens (including phenoxy) is 1. The molecule has 0 aliphatic carbocycles. The monoisotopic (exact) mass is 287 g/mol. The fraction of sp³-hybridized carbons (Fsp3) is 0.538. The highest BCUT2D eigenvalue weighted by molar-refractivity contribution is 7.91. The summed E-state index contributed by atoms with van der Waals surface area (Å²) in [5.74, 6) is -0.631. The molecule has 2 rings (SSSR count). The van der Waals surface area contributed by atoms with Crippen molar-refractivity contribution in [3.05, 3.63) is 24.0 Å². The number of halogens is 1. The highest BCUT2D eigenvalue weighted by Gasteiger charge is 2.19. The highest BCUT2D eigenvalue weighted by atomic mass is 32.2. The summed E-state index contributed by atoms with van der Waals surface area (Å²) < 4.78 is 42.7. The lowest BCUT2D eigenvalue weighted by atomic mass is 10.1. The molecule has 4 nitrogen and oxygen atoms in total. The zero-order valence-electron chi connectivity index (χ0n) is 10.6. The van der Waals surface area contributed by atoms with Gasteiger partial charge in [0, 0.05) is 12.3 Å². The van der Waals surface area contributed by atoms with Crippen LogP contribution in [0.25, 0.3) is 0 Å². The first kappa shape index (κ1) is 14.3. The molecule has 1 saturated heterocycles. The van der Waals surface area contributed by atoms with E-state index in [9.17, 15) is 12.8 Å². The average molecular weight is 287 g/mol. The molecule has 0 amide bonds. The Labute approximate surface area is 112 Å². The lowest BCUT2D eigenvalue weighted by Crippen LogP contribution is -2.11. The molecule has 0 radical (unpaired) electrons. The molecule has 1 fully saturated rings. The fourth-order valence-electron chi connectivity index (χ4n) is 2.25. The van der Waals surface area contributed by atoms with Gasteiger partial charge in [0.25, 0.3) is 0 Å². The maximum absolute atomic E-state index is 13.2. The molecule has 19 heavy (non-hydrogen) atoms. The van der Waals surface area contributed by atoms with Crippen LogP contribution in [0.1, 0.15) is 25.7 Å². The van der Waals surface area contributed by atoms with Gasteiger partial charge < -0.3 is 10.5 Å². The number of anilines is 1. The van der Waals surface area contributed by atoms with E-state index in [-0.39, 0.29) is 22.4 Å². The Morgan fingerprint density at radius 3 is 2.79 bits per heavy atom. The second-order valence-corrected chi connectivity index (χ2v) is 6.93. The van der Waals surface area contributed by atoms with Crippen LogP contribution >= 0.6 is 0 Å². The molecule has 0 bridgehead atoms. The zero-order valence-corrected chi connectivity index (χ0v) is 11.5. The Morgan fingerprint density at radius 2 is 2.16 bits per heavy atom. The summed E-state index contributed by atoms with van der Waals surface area (Å²) in [6, 6.07) is 3.41. The van der Waals surface area contributed by atoms with Gasteiger partial charge in [-0.15, -0.1) is 0 Å². The second kappa shape index (κ2) is 5.88. The summed E-state index contributed by atoms with van der Waals surface area (Å²) >= 11 is 0. The topological polar surface area (TPSA) is 69.4 Å². The van der Waals surface area contributed by atoms with Crippen molar-refractivity contribution in [3.8, 4) is 0 Å². The standard InChI is InChI=1S/C13H18FNO3S/c14-10-7-11(15)9-13(8-10)19(16,17)6-2-4-12-3-1-5-18-12/h7-9,12H,1-6,15H2. The molecule has 6 heteroatoms. The van der Waals surface area contributed by atoms with E-state index < -0.39 is 15.7 Å². The number of nitrogen functional groups attached to an aromatic ring is 1. The SMILES string of the molecule is Nc1cc(F)cc(S(=O)(=O)CCCC2CCCO2)c1. The minimum atomic E-state index is -3.47. The Hall–Kier alpha value is -1.14.